The van der Waals surface area contributed by atoms with Gasteiger partial charge in [0.1, 0.15) is 0 Å². The highest BCUT2D eigenvalue weighted by Crippen LogP contribution is 2.36. The Kier molecular flexibility index (Phi) is 4.10. The van der Waals surface area contributed by atoms with Gasteiger partial charge in [0.25, 0.3) is 0 Å². The second-order valence-corrected chi connectivity index (χ2v) is 5.46. The van der Waals surface area contributed by atoms with Gasteiger partial charge in [-0.25, -0.2) is 4.79 Å². The number of aliphatic hydroxyl groups excluding tert-OH is 1. The molecule has 2 atom stereocenters. The van der Waals surface area contributed by atoms with Crippen LogP contribution in [0, 0.1) is 12.8 Å². The van der Waals surface area contributed by atoms with E-state index in [0.29, 0.717) is 12.5 Å². The van der Waals surface area contributed by atoms with Crippen molar-refractivity contribution in [2.45, 2.75) is 26.3 Å². The van der Waals surface area contributed by atoms with E-state index >= 15 is 0 Å². The third-order valence-electron chi connectivity index (χ3n) is 3.81. The number of amides is 2. The zero-order valence-corrected chi connectivity index (χ0v) is 11.8. The van der Waals surface area contributed by atoms with E-state index in [1.54, 1.807) is 7.05 Å². The van der Waals surface area contributed by atoms with E-state index in [2.05, 4.69) is 37.4 Å². The fraction of sp³-hybridized carbons (Fsp3) is 0.533. The monoisotopic (exact) mass is 262 g/mol. The highest BCUT2D eigenvalue weighted by Gasteiger charge is 2.31. The Balaban J connectivity index is 2.13. The van der Waals surface area contributed by atoms with Crippen molar-refractivity contribution in [1.82, 2.24) is 10.2 Å². The smallest absolute Gasteiger partial charge is 0.317 e. The molecule has 4 heteroatoms. The van der Waals surface area contributed by atoms with Crippen LogP contribution in [-0.4, -0.2) is 36.2 Å². The van der Waals surface area contributed by atoms with E-state index in [-0.39, 0.29) is 18.7 Å². The molecular weight excluding hydrogens is 240 g/mol. The molecule has 0 spiro atoms. The van der Waals surface area contributed by atoms with Crippen LogP contribution < -0.4 is 5.32 Å². The maximum Gasteiger partial charge on any atom is 0.317 e. The highest BCUT2D eigenvalue weighted by molar-refractivity contribution is 5.74. The first-order valence-electron chi connectivity index (χ1n) is 6.75. The molecule has 0 fully saturated rings. The number of nitrogens with one attached hydrogen (secondary N) is 1. The molecule has 4 nitrogen and oxygen atoms in total. The first kappa shape index (κ1) is 13.9. The number of aryl methyl sites for hydroxylation is 1. The number of aliphatic hydroxyl groups is 1. The fourth-order valence-corrected chi connectivity index (χ4v) is 2.68. The number of carbonyl (C=O) groups excluding carboxylic acids is 1. The topological polar surface area (TPSA) is 52.6 Å². The Bertz CT molecular complexity index is 473. The Morgan fingerprint density at radius 3 is 2.95 bits per heavy atom. The summed E-state index contributed by atoms with van der Waals surface area (Å²) in [6.45, 7) is 4.57. The number of benzene rings is 1. The minimum absolute atomic E-state index is 0.0141. The second-order valence-electron chi connectivity index (χ2n) is 5.46. The number of nitrogens with zero attached hydrogens (tertiary/aromatic N) is 1. The van der Waals surface area contributed by atoms with Crippen LogP contribution in [0.15, 0.2) is 18.2 Å². The molecule has 1 aliphatic rings. The molecule has 1 aromatic rings. The molecule has 19 heavy (non-hydrogen) atoms. The van der Waals surface area contributed by atoms with Crippen molar-refractivity contribution >= 4 is 6.03 Å². The lowest BCUT2D eigenvalue weighted by molar-refractivity contribution is 0.184. The average Bonchev–Trinajstić information content (AvgIpc) is 2.66. The third-order valence-corrected chi connectivity index (χ3v) is 3.81. The van der Waals surface area contributed by atoms with Crippen molar-refractivity contribution in [3.63, 3.8) is 0 Å². The molecular formula is C15H22N2O2. The van der Waals surface area contributed by atoms with Gasteiger partial charge in [0.15, 0.2) is 0 Å². The Labute approximate surface area is 114 Å². The van der Waals surface area contributed by atoms with Crippen molar-refractivity contribution in [1.29, 1.82) is 0 Å². The molecule has 2 N–H and O–H groups in total. The summed E-state index contributed by atoms with van der Waals surface area (Å²) in [6.07, 6.45) is 1.00. The lowest BCUT2D eigenvalue weighted by atomic mass is 10.0. The average molecular weight is 262 g/mol. The Hall–Kier alpha value is -1.55. The molecule has 0 radical (unpaired) electrons. The molecule has 1 aromatic carbocycles. The molecule has 0 saturated heterocycles. The Morgan fingerprint density at radius 1 is 1.53 bits per heavy atom. The van der Waals surface area contributed by atoms with Gasteiger partial charge in [-0.05, 0) is 30.4 Å². The summed E-state index contributed by atoms with van der Waals surface area (Å²) in [4.78, 5) is 13.5. The van der Waals surface area contributed by atoms with Gasteiger partial charge in [-0.15, -0.1) is 0 Å². The number of hydrogen-bond acceptors (Lipinski definition) is 2. The van der Waals surface area contributed by atoms with Gasteiger partial charge in [-0.2, -0.15) is 0 Å². The summed E-state index contributed by atoms with van der Waals surface area (Å²) >= 11 is 0. The summed E-state index contributed by atoms with van der Waals surface area (Å²) in [5.74, 6) is 0.406. The molecule has 2 rings (SSSR count). The van der Waals surface area contributed by atoms with E-state index < -0.39 is 0 Å². The lowest BCUT2D eigenvalue weighted by Gasteiger charge is -2.23. The highest BCUT2D eigenvalue weighted by atomic mass is 16.3. The normalized spacial score (nSPS) is 21.1. The van der Waals surface area contributed by atoms with Crippen molar-refractivity contribution in [3.8, 4) is 0 Å². The number of hydrogen-bond donors (Lipinski definition) is 2. The van der Waals surface area contributed by atoms with Crippen LogP contribution in [0.25, 0.3) is 0 Å². The first-order valence-corrected chi connectivity index (χ1v) is 6.75. The molecule has 2 unspecified atom stereocenters. The number of fused-ring (bicyclic) bond motifs is 1. The fourth-order valence-electron chi connectivity index (χ4n) is 2.68. The third kappa shape index (κ3) is 2.89. The van der Waals surface area contributed by atoms with Crippen molar-refractivity contribution in [2.75, 3.05) is 20.2 Å². The summed E-state index contributed by atoms with van der Waals surface area (Å²) < 4.78 is 0. The molecule has 0 saturated carbocycles. The summed E-state index contributed by atoms with van der Waals surface area (Å²) in [5, 5.41) is 11.9. The number of carbonyl (C=O) groups is 1. The van der Waals surface area contributed by atoms with Crippen LogP contribution in [0.5, 0.6) is 0 Å². The van der Waals surface area contributed by atoms with Gasteiger partial charge in [0.05, 0.1) is 12.6 Å². The number of urea groups is 1. The molecule has 1 aliphatic carbocycles. The number of likely N-dealkylation sites (N-methyl/N-ethyl adjacent to an activating group) is 1. The van der Waals surface area contributed by atoms with Crippen LogP contribution in [0.2, 0.25) is 0 Å². The molecule has 0 heterocycles. The minimum Gasteiger partial charge on any atom is -0.395 e. The number of rotatable bonds is 3. The Morgan fingerprint density at radius 2 is 2.26 bits per heavy atom. The van der Waals surface area contributed by atoms with E-state index in [1.165, 1.54) is 21.6 Å². The van der Waals surface area contributed by atoms with Crippen LogP contribution in [0.4, 0.5) is 4.79 Å². The van der Waals surface area contributed by atoms with Gasteiger partial charge in [-0.1, -0.05) is 30.7 Å². The predicted octanol–water partition coefficient (Wildman–Crippen LogP) is 1.86. The van der Waals surface area contributed by atoms with Gasteiger partial charge in [0.2, 0.25) is 0 Å². The first-order chi connectivity index (χ1) is 9.02. The maximum atomic E-state index is 12.0. The van der Waals surface area contributed by atoms with Crippen molar-refractivity contribution in [2.24, 2.45) is 5.92 Å². The zero-order valence-electron chi connectivity index (χ0n) is 11.8. The van der Waals surface area contributed by atoms with Gasteiger partial charge >= 0.3 is 6.03 Å². The SMILES string of the molecule is Cc1ccc2c(c1)C(NC(=O)N(C)CCO)C(C)C2. The van der Waals surface area contributed by atoms with Gasteiger partial charge in [0, 0.05) is 13.6 Å². The maximum absolute atomic E-state index is 12.0. The van der Waals surface area contributed by atoms with Crippen LogP contribution >= 0.6 is 0 Å². The standard InChI is InChI=1S/C15H22N2O2/c1-10-4-5-12-9-11(2)14(13(12)8-10)16-15(19)17(3)6-7-18/h4-5,8,11,14,18H,6-7,9H2,1-3H3,(H,16,19). The quantitative estimate of drug-likeness (QED) is 0.873. The summed E-state index contributed by atoms with van der Waals surface area (Å²) in [5.41, 5.74) is 3.78. The second kappa shape index (κ2) is 5.61. The van der Waals surface area contributed by atoms with Crippen LogP contribution in [-0.2, 0) is 6.42 Å². The van der Waals surface area contributed by atoms with E-state index in [1.807, 2.05) is 0 Å². The van der Waals surface area contributed by atoms with Gasteiger partial charge < -0.3 is 15.3 Å². The van der Waals surface area contributed by atoms with Crippen molar-refractivity contribution in [3.05, 3.63) is 34.9 Å². The summed E-state index contributed by atoms with van der Waals surface area (Å²) in [6, 6.07) is 6.39. The zero-order chi connectivity index (χ0) is 14.0. The van der Waals surface area contributed by atoms with Crippen LogP contribution in [0.3, 0.4) is 0 Å². The molecule has 0 bridgehead atoms. The molecule has 0 aliphatic heterocycles. The van der Waals surface area contributed by atoms with Crippen molar-refractivity contribution < 1.29 is 9.90 Å². The van der Waals surface area contributed by atoms with Crippen LogP contribution in [0.1, 0.15) is 29.7 Å². The van der Waals surface area contributed by atoms with E-state index in [0.717, 1.165) is 6.42 Å². The molecule has 2 amide bonds. The lowest BCUT2D eigenvalue weighted by Crippen LogP contribution is -2.41. The largest absolute Gasteiger partial charge is 0.395 e. The molecule has 104 valence electrons. The van der Waals surface area contributed by atoms with Gasteiger partial charge in [-0.3, -0.25) is 0 Å². The van der Waals surface area contributed by atoms with E-state index in [9.17, 15) is 4.79 Å². The summed E-state index contributed by atoms with van der Waals surface area (Å²) in [7, 11) is 1.70. The minimum atomic E-state index is -0.125. The predicted molar refractivity (Wildman–Crippen MR) is 75.0 cm³/mol. The van der Waals surface area contributed by atoms with E-state index in [4.69, 9.17) is 5.11 Å². The molecule has 0 aromatic heterocycles.